The van der Waals surface area contributed by atoms with Crippen LogP contribution in [0, 0.1) is 17.8 Å². The van der Waals surface area contributed by atoms with Crippen molar-refractivity contribution in [3.05, 3.63) is 12.7 Å². The molecule has 3 heteroatoms. The van der Waals surface area contributed by atoms with Crippen LogP contribution in [0.1, 0.15) is 46.0 Å². The molecule has 1 N–H and O–H groups in total. The maximum Gasteiger partial charge on any atom is 0.330 e. The standard InChI is InChI=1S/C15H24O3/c1-4-14(16)18-13-8-10-6-11(13)7-12(10)9-15(3,17)5-2/h4,10-13,17H,1,5-9H2,2-3H3. The van der Waals surface area contributed by atoms with Crippen LogP contribution in [-0.2, 0) is 9.53 Å². The molecule has 18 heavy (non-hydrogen) atoms. The van der Waals surface area contributed by atoms with Gasteiger partial charge in [-0.25, -0.2) is 4.79 Å². The Balaban J connectivity index is 1.87. The summed E-state index contributed by atoms with van der Waals surface area (Å²) in [5.74, 6) is 1.42. The van der Waals surface area contributed by atoms with E-state index in [1.165, 1.54) is 6.08 Å². The van der Waals surface area contributed by atoms with Gasteiger partial charge in [0.15, 0.2) is 0 Å². The number of carbonyl (C=O) groups is 1. The molecular weight excluding hydrogens is 228 g/mol. The molecule has 0 saturated heterocycles. The first-order valence-electron chi connectivity index (χ1n) is 7.00. The summed E-state index contributed by atoms with van der Waals surface area (Å²) in [6.45, 7) is 7.39. The third-order valence-electron chi connectivity index (χ3n) is 4.84. The number of esters is 1. The van der Waals surface area contributed by atoms with Crippen molar-refractivity contribution in [2.75, 3.05) is 0 Å². The third-order valence-corrected chi connectivity index (χ3v) is 4.84. The van der Waals surface area contributed by atoms with Crippen molar-refractivity contribution in [3.63, 3.8) is 0 Å². The van der Waals surface area contributed by atoms with Crippen molar-refractivity contribution >= 4 is 5.97 Å². The Hall–Kier alpha value is -0.830. The first-order chi connectivity index (χ1) is 8.45. The lowest BCUT2D eigenvalue weighted by molar-refractivity contribution is -0.146. The molecular formula is C15H24O3. The van der Waals surface area contributed by atoms with Gasteiger partial charge >= 0.3 is 5.97 Å². The van der Waals surface area contributed by atoms with Gasteiger partial charge in [0, 0.05) is 6.08 Å². The van der Waals surface area contributed by atoms with Crippen LogP contribution in [0.5, 0.6) is 0 Å². The second-order valence-electron chi connectivity index (χ2n) is 6.22. The second kappa shape index (κ2) is 5.04. The number of ether oxygens (including phenoxy) is 1. The monoisotopic (exact) mass is 252 g/mol. The van der Waals surface area contributed by atoms with Gasteiger partial charge in [0.05, 0.1) is 5.60 Å². The first-order valence-corrected chi connectivity index (χ1v) is 7.00. The lowest BCUT2D eigenvalue weighted by Gasteiger charge is -2.32. The summed E-state index contributed by atoms with van der Waals surface area (Å²) in [4.78, 5) is 11.2. The van der Waals surface area contributed by atoms with Crippen LogP contribution in [0.2, 0.25) is 0 Å². The molecule has 2 saturated carbocycles. The van der Waals surface area contributed by atoms with Gasteiger partial charge in [-0.1, -0.05) is 13.5 Å². The van der Waals surface area contributed by atoms with E-state index in [9.17, 15) is 9.90 Å². The Kier molecular flexibility index (Phi) is 3.81. The zero-order chi connectivity index (χ0) is 13.3. The Bertz CT molecular complexity index is 335. The molecule has 0 spiro atoms. The van der Waals surface area contributed by atoms with Crippen LogP contribution in [0.4, 0.5) is 0 Å². The van der Waals surface area contributed by atoms with Gasteiger partial charge in [-0.15, -0.1) is 0 Å². The summed E-state index contributed by atoms with van der Waals surface area (Å²) in [5, 5.41) is 10.2. The van der Waals surface area contributed by atoms with Crippen molar-refractivity contribution in [1.82, 2.24) is 0 Å². The zero-order valence-electron chi connectivity index (χ0n) is 11.4. The predicted octanol–water partition coefficient (Wildman–Crippen LogP) is 2.68. The molecule has 102 valence electrons. The smallest absolute Gasteiger partial charge is 0.330 e. The van der Waals surface area contributed by atoms with Crippen LogP contribution >= 0.6 is 0 Å². The van der Waals surface area contributed by atoms with Gasteiger partial charge in [0.2, 0.25) is 0 Å². The largest absolute Gasteiger partial charge is 0.459 e. The second-order valence-corrected chi connectivity index (χ2v) is 6.22. The summed E-state index contributed by atoms with van der Waals surface area (Å²) >= 11 is 0. The lowest BCUT2D eigenvalue weighted by Crippen LogP contribution is -2.32. The summed E-state index contributed by atoms with van der Waals surface area (Å²) in [6.07, 6.45) is 6.22. The average Bonchev–Trinajstić information content (AvgIpc) is 2.87. The number of aliphatic hydroxyl groups is 1. The minimum absolute atomic E-state index is 0.0864. The Labute approximate surface area is 109 Å². The number of rotatable bonds is 5. The molecule has 2 rings (SSSR count). The molecule has 5 unspecified atom stereocenters. The average molecular weight is 252 g/mol. The first kappa shape index (κ1) is 13.6. The van der Waals surface area contributed by atoms with Gasteiger partial charge < -0.3 is 9.84 Å². The Morgan fingerprint density at radius 3 is 2.67 bits per heavy atom. The lowest BCUT2D eigenvalue weighted by atomic mass is 9.79. The van der Waals surface area contributed by atoms with E-state index in [-0.39, 0.29) is 12.1 Å². The van der Waals surface area contributed by atoms with Gasteiger partial charge in [0.25, 0.3) is 0 Å². The van der Waals surface area contributed by atoms with Gasteiger partial charge in [-0.05, 0) is 56.8 Å². The van der Waals surface area contributed by atoms with E-state index in [0.29, 0.717) is 17.8 Å². The van der Waals surface area contributed by atoms with Crippen LogP contribution in [0.3, 0.4) is 0 Å². The topological polar surface area (TPSA) is 46.5 Å². The van der Waals surface area contributed by atoms with E-state index in [4.69, 9.17) is 4.74 Å². The number of hydrogen-bond acceptors (Lipinski definition) is 3. The van der Waals surface area contributed by atoms with E-state index in [0.717, 1.165) is 32.1 Å². The molecule has 2 bridgehead atoms. The molecule has 0 heterocycles. The molecule has 5 atom stereocenters. The van der Waals surface area contributed by atoms with Crippen LogP contribution in [-0.4, -0.2) is 22.8 Å². The van der Waals surface area contributed by atoms with Crippen molar-refractivity contribution in [1.29, 1.82) is 0 Å². The Morgan fingerprint density at radius 1 is 1.44 bits per heavy atom. The highest BCUT2D eigenvalue weighted by Crippen LogP contribution is 2.52. The molecule has 0 radical (unpaired) electrons. The van der Waals surface area contributed by atoms with Crippen LogP contribution in [0.25, 0.3) is 0 Å². The fourth-order valence-corrected chi connectivity index (χ4v) is 3.64. The molecule has 2 aliphatic carbocycles. The minimum atomic E-state index is -0.539. The van der Waals surface area contributed by atoms with E-state index in [1.54, 1.807) is 0 Å². The summed E-state index contributed by atoms with van der Waals surface area (Å²) in [5.41, 5.74) is -0.539. The molecule has 0 aromatic rings. The van der Waals surface area contributed by atoms with Crippen molar-refractivity contribution in [2.45, 2.75) is 57.7 Å². The highest BCUT2D eigenvalue weighted by atomic mass is 16.5. The van der Waals surface area contributed by atoms with E-state index in [1.807, 2.05) is 13.8 Å². The fraction of sp³-hybridized carbons (Fsp3) is 0.800. The maximum absolute atomic E-state index is 11.2. The molecule has 0 aromatic carbocycles. The fourth-order valence-electron chi connectivity index (χ4n) is 3.64. The maximum atomic E-state index is 11.2. The normalized spacial score (nSPS) is 37.3. The van der Waals surface area contributed by atoms with E-state index in [2.05, 4.69) is 6.58 Å². The van der Waals surface area contributed by atoms with Gasteiger partial charge in [-0.3, -0.25) is 0 Å². The highest BCUT2D eigenvalue weighted by Gasteiger charge is 2.48. The summed E-state index contributed by atoms with van der Waals surface area (Å²) < 4.78 is 5.38. The Morgan fingerprint density at radius 2 is 2.17 bits per heavy atom. The molecule has 0 aromatic heterocycles. The molecule has 2 fully saturated rings. The number of carbonyl (C=O) groups excluding carboxylic acids is 1. The van der Waals surface area contributed by atoms with Crippen molar-refractivity contribution < 1.29 is 14.6 Å². The minimum Gasteiger partial charge on any atom is -0.459 e. The third kappa shape index (κ3) is 2.77. The van der Waals surface area contributed by atoms with E-state index >= 15 is 0 Å². The summed E-state index contributed by atoms with van der Waals surface area (Å²) in [7, 11) is 0. The quantitative estimate of drug-likeness (QED) is 0.604. The van der Waals surface area contributed by atoms with Gasteiger partial charge in [-0.2, -0.15) is 0 Å². The summed E-state index contributed by atoms with van der Waals surface area (Å²) in [6, 6.07) is 0. The van der Waals surface area contributed by atoms with Crippen molar-refractivity contribution in [2.24, 2.45) is 17.8 Å². The predicted molar refractivity (Wildman–Crippen MR) is 69.9 cm³/mol. The zero-order valence-corrected chi connectivity index (χ0v) is 11.4. The van der Waals surface area contributed by atoms with Crippen molar-refractivity contribution in [3.8, 4) is 0 Å². The van der Waals surface area contributed by atoms with Crippen LogP contribution < -0.4 is 0 Å². The van der Waals surface area contributed by atoms with Gasteiger partial charge in [0.1, 0.15) is 6.10 Å². The van der Waals surface area contributed by atoms with E-state index < -0.39 is 5.60 Å². The van der Waals surface area contributed by atoms with Crippen LogP contribution in [0.15, 0.2) is 12.7 Å². The SMILES string of the molecule is C=CC(=O)OC1CC2CC1CC2CC(C)(O)CC. The number of hydrogen-bond donors (Lipinski definition) is 1. The molecule has 0 amide bonds. The molecule has 0 aliphatic heterocycles. The molecule has 2 aliphatic rings. The highest BCUT2D eigenvalue weighted by molar-refractivity contribution is 5.81. The number of fused-ring (bicyclic) bond motifs is 2. The molecule has 3 nitrogen and oxygen atoms in total.